The number of hydrogen-bond acceptors (Lipinski definition) is 2. The number of aryl methyl sites for hydroxylation is 2. The lowest BCUT2D eigenvalue weighted by Crippen LogP contribution is -2.36. The SMILES string of the molecule is CCNC(=NCc1cnn(C)c1)NCc1ccc(F)c(C)c1. The van der Waals surface area contributed by atoms with Gasteiger partial charge in [0.25, 0.3) is 0 Å². The predicted octanol–water partition coefficient (Wildman–Crippen LogP) is 2.12. The van der Waals surface area contributed by atoms with Crippen LogP contribution in [0, 0.1) is 12.7 Å². The van der Waals surface area contributed by atoms with Gasteiger partial charge in [-0.2, -0.15) is 5.10 Å². The molecule has 2 aromatic rings. The molecule has 0 radical (unpaired) electrons. The van der Waals surface area contributed by atoms with E-state index < -0.39 is 0 Å². The van der Waals surface area contributed by atoms with Crippen LogP contribution in [0.3, 0.4) is 0 Å². The molecule has 0 bridgehead atoms. The second-order valence-corrected chi connectivity index (χ2v) is 5.15. The number of nitrogens with zero attached hydrogens (tertiary/aromatic N) is 3. The molecule has 0 atom stereocenters. The van der Waals surface area contributed by atoms with Crippen molar-refractivity contribution in [1.82, 2.24) is 20.4 Å². The van der Waals surface area contributed by atoms with E-state index in [9.17, 15) is 4.39 Å². The molecule has 0 fully saturated rings. The maximum Gasteiger partial charge on any atom is 0.191 e. The molecule has 0 unspecified atom stereocenters. The first-order chi connectivity index (χ1) is 10.6. The third-order valence-corrected chi connectivity index (χ3v) is 3.20. The van der Waals surface area contributed by atoms with Crippen LogP contribution in [0.1, 0.15) is 23.6 Å². The molecule has 0 aliphatic carbocycles. The molecule has 2 rings (SSSR count). The second kappa shape index (κ2) is 7.59. The summed E-state index contributed by atoms with van der Waals surface area (Å²) < 4.78 is 15.0. The van der Waals surface area contributed by atoms with E-state index in [0.29, 0.717) is 18.7 Å². The zero-order chi connectivity index (χ0) is 15.9. The van der Waals surface area contributed by atoms with Crippen LogP contribution in [-0.2, 0) is 20.1 Å². The lowest BCUT2D eigenvalue weighted by molar-refractivity contribution is 0.617. The van der Waals surface area contributed by atoms with E-state index in [1.165, 1.54) is 6.07 Å². The number of nitrogens with one attached hydrogen (secondary N) is 2. The number of guanidine groups is 1. The molecule has 1 aromatic carbocycles. The first kappa shape index (κ1) is 16.0. The van der Waals surface area contributed by atoms with Crippen LogP contribution >= 0.6 is 0 Å². The highest BCUT2D eigenvalue weighted by molar-refractivity contribution is 5.79. The third-order valence-electron chi connectivity index (χ3n) is 3.20. The molecular formula is C16H22FN5. The van der Waals surface area contributed by atoms with E-state index in [0.717, 1.165) is 23.6 Å². The van der Waals surface area contributed by atoms with E-state index in [1.54, 1.807) is 23.9 Å². The quantitative estimate of drug-likeness (QED) is 0.657. The van der Waals surface area contributed by atoms with Gasteiger partial charge in [0.15, 0.2) is 5.96 Å². The fraction of sp³-hybridized carbons (Fsp3) is 0.375. The van der Waals surface area contributed by atoms with Crippen molar-refractivity contribution in [1.29, 1.82) is 0 Å². The summed E-state index contributed by atoms with van der Waals surface area (Å²) in [4.78, 5) is 4.52. The molecule has 6 heteroatoms. The lowest BCUT2D eigenvalue weighted by Gasteiger charge is -2.11. The second-order valence-electron chi connectivity index (χ2n) is 5.15. The number of aromatic nitrogens is 2. The molecular weight excluding hydrogens is 281 g/mol. The summed E-state index contributed by atoms with van der Waals surface area (Å²) in [5.41, 5.74) is 2.72. The number of aliphatic imine (C=N–C) groups is 1. The van der Waals surface area contributed by atoms with Gasteiger partial charge in [0.1, 0.15) is 5.82 Å². The van der Waals surface area contributed by atoms with Crippen molar-refractivity contribution in [2.75, 3.05) is 6.54 Å². The Morgan fingerprint density at radius 1 is 1.32 bits per heavy atom. The highest BCUT2D eigenvalue weighted by atomic mass is 19.1. The van der Waals surface area contributed by atoms with Gasteiger partial charge in [0.05, 0.1) is 12.7 Å². The van der Waals surface area contributed by atoms with Crippen molar-refractivity contribution in [3.8, 4) is 0 Å². The van der Waals surface area contributed by atoms with Crippen molar-refractivity contribution in [3.05, 3.63) is 53.1 Å². The fourth-order valence-corrected chi connectivity index (χ4v) is 2.07. The van der Waals surface area contributed by atoms with Crippen LogP contribution in [0.4, 0.5) is 4.39 Å². The van der Waals surface area contributed by atoms with Crippen LogP contribution in [0.25, 0.3) is 0 Å². The summed E-state index contributed by atoms with van der Waals surface area (Å²) in [5, 5.41) is 10.6. The lowest BCUT2D eigenvalue weighted by atomic mass is 10.1. The van der Waals surface area contributed by atoms with Crippen LogP contribution in [0.5, 0.6) is 0 Å². The van der Waals surface area contributed by atoms with Crippen molar-refractivity contribution in [3.63, 3.8) is 0 Å². The number of rotatable bonds is 5. The van der Waals surface area contributed by atoms with Gasteiger partial charge in [-0.1, -0.05) is 12.1 Å². The molecule has 0 aliphatic heterocycles. The summed E-state index contributed by atoms with van der Waals surface area (Å²) in [5.74, 6) is 0.550. The molecule has 1 aromatic heterocycles. The summed E-state index contributed by atoms with van der Waals surface area (Å²) in [6, 6.07) is 5.11. The summed E-state index contributed by atoms with van der Waals surface area (Å²) >= 11 is 0. The van der Waals surface area contributed by atoms with Crippen LogP contribution in [0.2, 0.25) is 0 Å². The molecule has 1 heterocycles. The average molecular weight is 303 g/mol. The Labute approximate surface area is 130 Å². The topological polar surface area (TPSA) is 54.2 Å². The molecule has 0 saturated heterocycles. The van der Waals surface area contributed by atoms with Gasteiger partial charge < -0.3 is 10.6 Å². The van der Waals surface area contributed by atoms with E-state index in [2.05, 4.69) is 20.7 Å². The molecule has 5 nitrogen and oxygen atoms in total. The van der Waals surface area contributed by atoms with Gasteiger partial charge in [0.2, 0.25) is 0 Å². The first-order valence-electron chi connectivity index (χ1n) is 7.33. The normalized spacial score (nSPS) is 11.5. The Morgan fingerprint density at radius 3 is 2.77 bits per heavy atom. The Kier molecular flexibility index (Phi) is 5.52. The van der Waals surface area contributed by atoms with E-state index in [-0.39, 0.29) is 5.82 Å². The Hall–Kier alpha value is -2.37. The monoisotopic (exact) mass is 303 g/mol. The molecule has 118 valence electrons. The number of halogens is 1. The molecule has 0 spiro atoms. The molecule has 0 aliphatic rings. The summed E-state index contributed by atoms with van der Waals surface area (Å²) in [6.07, 6.45) is 3.74. The standard InChI is InChI=1S/C16H22FN5/c1-4-18-16(20-9-14-10-21-22(3)11-14)19-8-13-5-6-15(17)12(2)7-13/h5-7,10-11H,4,8-9H2,1-3H3,(H2,18,19,20). The maximum atomic E-state index is 13.3. The molecule has 2 N–H and O–H groups in total. The van der Waals surface area contributed by atoms with Gasteiger partial charge in [-0.3, -0.25) is 4.68 Å². The average Bonchev–Trinajstić information content (AvgIpc) is 2.91. The Morgan fingerprint density at radius 2 is 2.14 bits per heavy atom. The highest BCUT2D eigenvalue weighted by Gasteiger charge is 2.02. The van der Waals surface area contributed by atoms with Gasteiger partial charge in [-0.15, -0.1) is 0 Å². The maximum absolute atomic E-state index is 13.3. The van der Waals surface area contributed by atoms with Crippen molar-refractivity contribution < 1.29 is 4.39 Å². The minimum absolute atomic E-state index is 0.180. The van der Waals surface area contributed by atoms with E-state index in [1.807, 2.05) is 26.2 Å². The van der Waals surface area contributed by atoms with Crippen molar-refractivity contribution in [2.24, 2.45) is 12.0 Å². The summed E-state index contributed by atoms with van der Waals surface area (Å²) in [6.45, 7) is 5.72. The van der Waals surface area contributed by atoms with Crippen LogP contribution in [-0.4, -0.2) is 22.3 Å². The van der Waals surface area contributed by atoms with E-state index in [4.69, 9.17) is 0 Å². The largest absolute Gasteiger partial charge is 0.357 e. The van der Waals surface area contributed by atoms with Crippen molar-refractivity contribution in [2.45, 2.75) is 26.9 Å². The summed E-state index contributed by atoms with van der Waals surface area (Å²) in [7, 11) is 1.88. The fourth-order valence-electron chi connectivity index (χ4n) is 2.07. The number of benzene rings is 1. The Balaban J connectivity index is 1.97. The van der Waals surface area contributed by atoms with Crippen LogP contribution in [0.15, 0.2) is 35.6 Å². The third kappa shape index (κ3) is 4.58. The van der Waals surface area contributed by atoms with Gasteiger partial charge in [-0.05, 0) is 31.0 Å². The minimum atomic E-state index is -0.180. The molecule has 0 amide bonds. The smallest absolute Gasteiger partial charge is 0.191 e. The molecule has 0 saturated carbocycles. The zero-order valence-corrected chi connectivity index (χ0v) is 13.2. The molecule has 22 heavy (non-hydrogen) atoms. The highest BCUT2D eigenvalue weighted by Crippen LogP contribution is 2.08. The van der Waals surface area contributed by atoms with E-state index >= 15 is 0 Å². The van der Waals surface area contributed by atoms with Gasteiger partial charge in [-0.25, -0.2) is 9.38 Å². The Bertz CT molecular complexity index is 648. The van der Waals surface area contributed by atoms with Gasteiger partial charge >= 0.3 is 0 Å². The zero-order valence-electron chi connectivity index (χ0n) is 13.2. The minimum Gasteiger partial charge on any atom is -0.357 e. The van der Waals surface area contributed by atoms with Crippen LogP contribution < -0.4 is 10.6 Å². The predicted molar refractivity (Wildman–Crippen MR) is 86.0 cm³/mol. The first-order valence-corrected chi connectivity index (χ1v) is 7.33. The van der Waals surface area contributed by atoms with Gasteiger partial charge in [0, 0.05) is 31.9 Å². The number of hydrogen-bond donors (Lipinski definition) is 2. The van der Waals surface area contributed by atoms with Crippen molar-refractivity contribution >= 4 is 5.96 Å².